The molecule has 0 aliphatic heterocycles. The van der Waals surface area contributed by atoms with Crippen molar-refractivity contribution in [1.82, 2.24) is 0 Å². The summed E-state index contributed by atoms with van der Waals surface area (Å²) in [5.74, 6) is -5.87. The van der Waals surface area contributed by atoms with Gasteiger partial charge < -0.3 is 5.11 Å². The van der Waals surface area contributed by atoms with E-state index in [0.717, 1.165) is 6.07 Å². The van der Waals surface area contributed by atoms with Crippen molar-refractivity contribution in [2.45, 2.75) is 4.90 Å². The van der Waals surface area contributed by atoms with Crippen LogP contribution >= 0.6 is 11.6 Å². The third-order valence-electron chi connectivity index (χ3n) is 3.76. The van der Waals surface area contributed by atoms with Crippen LogP contribution < -0.4 is 9.83 Å². The average Bonchev–Trinajstić information content (AvgIpc) is 2.69. The second-order valence-electron chi connectivity index (χ2n) is 5.72. The van der Waals surface area contributed by atoms with Crippen LogP contribution in [0.2, 0.25) is 5.02 Å². The molecule has 0 atom stereocenters. The largest absolute Gasteiger partial charge is 0.858 e. The molecular weight excluding hydrogens is 429 g/mol. The molecule has 3 aromatic carbocycles. The molecule has 0 amide bonds. The van der Waals surface area contributed by atoms with Crippen LogP contribution in [0.3, 0.4) is 0 Å². The fraction of sp³-hybridized carbons (Fsp3) is 0. The fourth-order valence-corrected chi connectivity index (χ4v) is 3.55. The number of hydrogen-bond donors (Lipinski definition) is 1. The summed E-state index contributed by atoms with van der Waals surface area (Å²) in [5, 5.41) is 12.8. The maximum absolute atomic E-state index is 13.8. The zero-order valence-corrected chi connectivity index (χ0v) is 15.9. The van der Waals surface area contributed by atoms with Crippen molar-refractivity contribution in [1.29, 1.82) is 0 Å². The number of nitrogens with zero attached hydrogens (tertiary/aromatic N) is 1. The summed E-state index contributed by atoms with van der Waals surface area (Å²) in [6.45, 7) is 0. The van der Waals surface area contributed by atoms with Crippen LogP contribution in [0.1, 0.15) is 5.56 Å². The molecule has 0 fully saturated rings. The minimum atomic E-state index is -4.07. The lowest BCUT2D eigenvalue weighted by molar-refractivity contribution is -0.212. The van der Waals surface area contributed by atoms with Crippen molar-refractivity contribution >= 4 is 38.9 Å². The molecule has 0 bridgehead atoms. The van der Waals surface area contributed by atoms with Crippen molar-refractivity contribution in [2.75, 3.05) is 4.72 Å². The van der Waals surface area contributed by atoms with Gasteiger partial charge in [0.25, 0.3) is 10.0 Å². The number of aliphatic imine (C=N–C) groups is 1. The van der Waals surface area contributed by atoms with Crippen molar-refractivity contribution in [3.63, 3.8) is 0 Å². The molecule has 0 aromatic heterocycles. The highest BCUT2D eigenvalue weighted by Gasteiger charge is 2.17. The zero-order chi connectivity index (χ0) is 21.2. The number of para-hydroxylation sites is 1. The summed E-state index contributed by atoms with van der Waals surface area (Å²) in [5.41, 5.74) is -1.06. The van der Waals surface area contributed by atoms with E-state index in [-0.39, 0.29) is 16.1 Å². The molecule has 0 spiro atoms. The molecule has 0 saturated heterocycles. The molecule has 0 unspecified atom stereocenters. The first-order chi connectivity index (χ1) is 13.7. The molecule has 150 valence electrons. The second-order valence-corrected chi connectivity index (χ2v) is 7.84. The zero-order valence-electron chi connectivity index (χ0n) is 14.4. The molecule has 0 saturated carbocycles. The molecule has 3 rings (SSSR count). The number of benzene rings is 3. The summed E-state index contributed by atoms with van der Waals surface area (Å²) >= 11 is 5.75. The predicted molar refractivity (Wildman–Crippen MR) is 101 cm³/mol. The monoisotopic (exact) mass is 439 g/mol. The first-order valence-electron chi connectivity index (χ1n) is 7.96. The number of hydrogen-bond acceptors (Lipinski definition) is 4. The third-order valence-corrected chi connectivity index (χ3v) is 5.40. The van der Waals surface area contributed by atoms with Crippen LogP contribution in [-0.4, -0.2) is 14.3 Å². The smallest absolute Gasteiger partial charge is 0.261 e. The standard InChI is InChI=1S/C19H12ClF3N2O3S/c20-11-5-7-12(8-6-11)29(27,28)25-15-4-2-1-3-13(15)19(26)24-16-10-9-14(21)17(22)18(16)23/h1-10,25H,(H,24,26)/p-1. The molecule has 1 N–H and O–H groups in total. The van der Waals surface area contributed by atoms with Gasteiger partial charge in [-0.3, -0.25) is 9.71 Å². The quantitative estimate of drug-likeness (QED) is 0.370. The van der Waals surface area contributed by atoms with Gasteiger partial charge in [-0.1, -0.05) is 29.8 Å². The molecule has 0 aliphatic carbocycles. The highest BCUT2D eigenvalue weighted by atomic mass is 35.5. The predicted octanol–water partition coefficient (Wildman–Crippen LogP) is 4.00. The summed E-state index contributed by atoms with van der Waals surface area (Å²) < 4.78 is 67.5. The lowest BCUT2D eigenvalue weighted by atomic mass is 10.2. The number of anilines is 1. The number of nitrogens with one attached hydrogen (secondary N) is 1. The lowest BCUT2D eigenvalue weighted by Gasteiger charge is -2.17. The van der Waals surface area contributed by atoms with Crippen LogP contribution in [-0.2, 0) is 10.0 Å². The summed E-state index contributed by atoms with van der Waals surface area (Å²) in [6.07, 6.45) is 0. The Labute approximate surface area is 169 Å². The Morgan fingerprint density at radius 1 is 0.931 bits per heavy atom. The Bertz CT molecular complexity index is 1200. The van der Waals surface area contributed by atoms with Gasteiger partial charge in [0.1, 0.15) is 5.69 Å². The normalized spacial score (nSPS) is 12.1. The van der Waals surface area contributed by atoms with E-state index in [0.29, 0.717) is 11.1 Å². The van der Waals surface area contributed by atoms with Gasteiger partial charge in [0.2, 0.25) is 0 Å². The molecule has 10 heteroatoms. The highest BCUT2D eigenvalue weighted by Crippen LogP contribution is 2.25. The van der Waals surface area contributed by atoms with Crippen molar-refractivity contribution in [2.24, 2.45) is 4.99 Å². The topological polar surface area (TPSA) is 81.6 Å². The van der Waals surface area contributed by atoms with E-state index in [9.17, 15) is 26.7 Å². The average molecular weight is 440 g/mol. The van der Waals surface area contributed by atoms with Gasteiger partial charge in [0.05, 0.1) is 10.6 Å². The van der Waals surface area contributed by atoms with Crippen LogP contribution in [0.4, 0.5) is 24.5 Å². The number of sulfonamides is 1. The Morgan fingerprint density at radius 2 is 1.59 bits per heavy atom. The van der Waals surface area contributed by atoms with E-state index in [4.69, 9.17) is 11.6 Å². The first kappa shape index (κ1) is 20.7. The molecule has 5 nitrogen and oxygen atoms in total. The summed E-state index contributed by atoms with van der Waals surface area (Å²) in [6, 6.07) is 12.2. The Kier molecular flexibility index (Phi) is 5.81. The third kappa shape index (κ3) is 4.52. The molecule has 0 radical (unpaired) electrons. The highest BCUT2D eigenvalue weighted by molar-refractivity contribution is 7.92. The first-order valence-corrected chi connectivity index (χ1v) is 9.82. The Balaban J connectivity index is 1.99. The van der Waals surface area contributed by atoms with Crippen LogP contribution in [0.25, 0.3) is 0 Å². The number of rotatable bonds is 5. The minimum Gasteiger partial charge on any atom is -0.858 e. The number of halogens is 4. The Hall–Kier alpha value is -3.04. The lowest BCUT2D eigenvalue weighted by Crippen LogP contribution is -2.22. The van der Waals surface area contributed by atoms with Gasteiger partial charge in [-0.2, -0.15) is 0 Å². The van der Waals surface area contributed by atoms with Gasteiger partial charge in [0.15, 0.2) is 17.5 Å². The summed E-state index contributed by atoms with van der Waals surface area (Å²) in [7, 11) is -4.07. The maximum atomic E-state index is 13.8. The van der Waals surface area contributed by atoms with Gasteiger partial charge in [-0.15, -0.1) is 0 Å². The van der Waals surface area contributed by atoms with Crippen molar-refractivity contribution in [3.05, 3.63) is 88.7 Å². The van der Waals surface area contributed by atoms with Gasteiger partial charge in [-0.25, -0.2) is 21.6 Å². The SMILES string of the molecule is O=S(=O)(Nc1ccccc1C([O-])=Nc1ccc(F)c(F)c1F)c1ccc(Cl)cc1. The van der Waals surface area contributed by atoms with E-state index in [1.165, 1.54) is 48.5 Å². The van der Waals surface area contributed by atoms with Crippen LogP contribution in [0, 0.1) is 17.5 Å². The molecule has 0 aliphatic rings. The van der Waals surface area contributed by atoms with Crippen LogP contribution in [0.5, 0.6) is 0 Å². The molecule has 3 aromatic rings. The van der Waals surface area contributed by atoms with Crippen molar-refractivity contribution < 1.29 is 26.7 Å². The van der Waals surface area contributed by atoms with Crippen molar-refractivity contribution in [3.8, 4) is 0 Å². The maximum Gasteiger partial charge on any atom is 0.261 e. The van der Waals surface area contributed by atoms with E-state index in [1.54, 1.807) is 0 Å². The van der Waals surface area contributed by atoms with E-state index in [2.05, 4.69) is 9.71 Å². The second kappa shape index (κ2) is 8.14. The summed E-state index contributed by atoms with van der Waals surface area (Å²) in [4.78, 5) is 3.33. The van der Waals surface area contributed by atoms with E-state index >= 15 is 0 Å². The molecular formula is C19H11ClF3N2O3S-. The minimum absolute atomic E-state index is 0.104. The van der Waals surface area contributed by atoms with E-state index < -0.39 is 39.1 Å². The van der Waals surface area contributed by atoms with E-state index in [1.807, 2.05) is 0 Å². The Morgan fingerprint density at radius 3 is 2.28 bits per heavy atom. The molecule has 29 heavy (non-hydrogen) atoms. The fourth-order valence-electron chi connectivity index (χ4n) is 2.35. The molecule has 0 heterocycles. The van der Waals surface area contributed by atoms with Gasteiger partial charge in [-0.05, 0) is 48.4 Å². The van der Waals surface area contributed by atoms with Crippen LogP contribution in [0.15, 0.2) is 70.6 Å². The van der Waals surface area contributed by atoms with Gasteiger partial charge in [0, 0.05) is 10.6 Å². The van der Waals surface area contributed by atoms with Gasteiger partial charge >= 0.3 is 0 Å².